The summed E-state index contributed by atoms with van der Waals surface area (Å²) in [5.41, 5.74) is 2.32. The SMILES string of the molecule is C=CCn1c(SCc2cccc(Cl)c2)nnc1C1CCN(Cc2ccccn2)CC1. The Bertz CT molecular complexity index is 967. The molecule has 0 radical (unpaired) electrons. The lowest BCUT2D eigenvalue weighted by molar-refractivity contribution is 0.198. The second-order valence-electron chi connectivity index (χ2n) is 7.53. The summed E-state index contributed by atoms with van der Waals surface area (Å²) < 4.78 is 2.22. The molecule has 156 valence electrons. The summed E-state index contributed by atoms with van der Waals surface area (Å²) in [7, 11) is 0. The van der Waals surface area contributed by atoms with Gasteiger partial charge in [-0.05, 0) is 55.8 Å². The second-order valence-corrected chi connectivity index (χ2v) is 8.91. The van der Waals surface area contributed by atoms with Gasteiger partial charge in [-0.15, -0.1) is 16.8 Å². The average Bonchev–Trinajstić information content (AvgIpc) is 3.16. The van der Waals surface area contributed by atoms with Gasteiger partial charge in [0.2, 0.25) is 0 Å². The van der Waals surface area contributed by atoms with Crippen LogP contribution in [-0.2, 0) is 18.8 Å². The summed E-state index contributed by atoms with van der Waals surface area (Å²) in [5, 5.41) is 10.8. The minimum absolute atomic E-state index is 0.429. The highest BCUT2D eigenvalue weighted by Gasteiger charge is 2.26. The third-order valence-electron chi connectivity index (χ3n) is 5.38. The zero-order valence-electron chi connectivity index (χ0n) is 17.0. The molecule has 0 amide bonds. The van der Waals surface area contributed by atoms with Crippen LogP contribution >= 0.6 is 23.4 Å². The van der Waals surface area contributed by atoms with E-state index >= 15 is 0 Å². The lowest BCUT2D eigenvalue weighted by Crippen LogP contribution is -2.33. The Morgan fingerprint density at radius 2 is 2.00 bits per heavy atom. The number of pyridine rings is 1. The van der Waals surface area contributed by atoms with Gasteiger partial charge in [-0.25, -0.2) is 0 Å². The molecule has 4 rings (SSSR count). The van der Waals surface area contributed by atoms with E-state index in [0.717, 1.165) is 66.5 Å². The summed E-state index contributed by atoms with van der Waals surface area (Å²) >= 11 is 7.81. The maximum Gasteiger partial charge on any atom is 0.191 e. The maximum atomic E-state index is 6.11. The molecule has 1 aromatic carbocycles. The molecule has 0 unspecified atom stereocenters. The molecule has 1 aliphatic rings. The van der Waals surface area contributed by atoms with Gasteiger partial charge in [-0.1, -0.05) is 47.6 Å². The molecule has 7 heteroatoms. The van der Waals surface area contributed by atoms with Crippen LogP contribution in [0.5, 0.6) is 0 Å². The van der Waals surface area contributed by atoms with Crippen LogP contribution in [0, 0.1) is 0 Å². The molecule has 0 atom stereocenters. The van der Waals surface area contributed by atoms with Crippen LogP contribution in [0.15, 0.2) is 66.5 Å². The summed E-state index contributed by atoms with van der Waals surface area (Å²) in [6.07, 6.45) is 5.96. The van der Waals surface area contributed by atoms with Gasteiger partial charge in [0.05, 0.1) is 5.69 Å². The van der Waals surface area contributed by atoms with Gasteiger partial charge in [0.25, 0.3) is 0 Å². The number of halogens is 1. The van der Waals surface area contributed by atoms with Crippen LogP contribution in [0.25, 0.3) is 0 Å². The van der Waals surface area contributed by atoms with Crippen molar-refractivity contribution in [3.63, 3.8) is 0 Å². The second kappa shape index (κ2) is 10.2. The van der Waals surface area contributed by atoms with Crippen molar-refractivity contribution in [2.75, 3.05) is 13.1 Å². The van der Waals surface area contributed by atoms with Crippen molar-refractivity contribution in [2.24, 2.45) is 0 Å². The van der Waals surface area contributed by atoms with Crippen molar-refractivity contribution < 1.29 is 0 Å². The summed E-state index contributed by atoms with van der Waals surface area (Å²) in [6.45, 7) is 7.67. The fourth-order valence-electron chi connectivity index (χ4n) is 3.85. The van der Waals surface area contributed by atoms with E-state index < -0.39 is 0 Å². The predicted octanol–water partition coefficient (Wildman–Crippen LogP) is 5.18. The number of hydrogen-bond donors (Lipinski definition) is 0. The first-order valence-electron chi connectivity index (χ1n) is 10.3. The fourth-order valence-corrected chi connectivity index (χ4v) is 4.96. The first-order valence-corrected chi connectivity index (χ1v) is 11.6. The Balaban J connectivity index is 1.40. The standard InChI is InChI=1S/C23H26ClN5S/c1-2-12-29-22(26-27-23(29)30-17-18-6-5-7-20(24)15-18)19-9-13-28(14-10-19)16-21-8-3-4-11-25-21/h2-8,11,15,19H,1,9-10,12-14,16-17H2. The van der Waals surface area contributed by atoms with Crippen LogP contribution in [0.4, 0.5) is 0 Å². The fraction of sp³-hybridized carbons (Fsp3) is 0.348. The Morgan fingerprint density at radius 3 is 2.73 bits per heavy atom. The molecule has 3 aromatic rings. The Kier molecular flexibility index (Phi) is 7.20. The zero-order valence-corrected chi connectivity index (χ0v) is 18.5. The van der Waals surface area contributed by atoms with E-state index in [9.17, 15) is 0 Å². The number of hydrogen-bond acceptors (Lipinski definition) is 5. The van der Waals surface area contributed by atoms with Crippen LogP contribution in [0.3, 0.4) is 0 Å². The van der Waals surface area contributed by atoms with E-state index in [1.54, 1.807) is 11.8 Å². The molecule has 0 aliphatic carbocycles. The molecule has 1 saturated heterocycles. The van der Waals surface area contributed by atoms with E-state index in [1.165, 1.54) is 5.56 Å². The number of allylic oxidation sites excluding steroid dienone is 1. The summed E-state index contributed by atoms with van der Waals surface area (Å²) in [4.78, 5) is 6.93. The molecule has 0 spiro atoms. The van der Waals surface area contributed by atoms with Gasteiger partial charge in [-0.3, -0.25) is 9.88 Å². The third-order valence-corrected chi connectivity index (χ3v) is 6.65. The van der Waals surface area contributed by atoms with Crippen molar-refractivity contribution in [1.82, 2.24) is 24.6 Å². The maximum absolute atomic E-state index is 6.11. The van der Waals surface area contributed by atoms with Crippen molar-refractivity contribution in [3.05, 3.63) is 83.4 Å². The van der Waals surface area contributed by atoms with Crippen LogP contribution in [0.1, 0.15) is 35.8 Å². The Hall–Kier alpha value is -2.15. The molecule has 0 bridgehead atoms. The quantitative estimate of drug-likeness (QED) is 0.357. The number of rotatable bonds is 8. The summed E-state index contributed by atoms with van der Waals surface area (Å²) in [6, 6.07) is 14.1. The number of aromatic nitrogens is 4. The van der Waals surface area contributed by atoms with E-state index in [1.807, 2.05) is 36.5 Å². The number of thioether (sulfide) groups is 1. The van der Waals surface area contributed by atoms with Gasteiger partial charge in [0.15, 0.2) is 5.16 Å². The normalized spacial score (nSPS) is 15.4. The number of piperidine rings is 1. The molecule has 30 heavy (non-hydrogen) atoms. The van der Waals surface area contributed by atoms with Crippen molar-refractivity contribution in [3.8, 4) is 0 Å². The van der Waals surface area contributed by atoms with Gasteiger partial charge < -0.3 is 4.57 Å². The highest BCUT2D eigenvalue weighted by molar-refractivity contribution is 7.98. The largest absolute Gasteiger partial charge is 0.302 e. The number of benzene rings is 1. The minimum Gasteiger partial charge on any atom is -0.302 e. The Morgan fingerprint density at radius 1 is 1.13 bits per heavy atom. The van der Waals surface area contributed by atoms with Gasteiger partial charge >= 0.3 is 0 Å². The lowest BCUT2D eigenvalue weighted by atomic mass is 9.95. The third kappa shape index (κ3) is 5.31. The Labute approximate surface area is 187 Å². The van der Waals surface area contributed by atoms with Gasteiger partial charge in [0, 0.05) is 36.0 Å². The molecule has 1 aliphatic heterocycles. The number of nitrogens with zero attached hydrogens (tertiary/aromatic N) is 5. The average molecular weight is 440 g/mol. The summed E-state index contributed by atoms with van der Waals surface area (Å²) in [5.74, 6) is 2.33. The number of likely N-dealkylation sites (tertiary alicyclic amines) is 1. The molecule has 5 nitrogen and oxygen atoms in total. The molecular weight excluding hydrogens is 414 g/mol. The molecular formula is C23H26ClN5S. The molecule has 0 N–H and O–H groups in total. The zero-order chi connectivity index (χ0) is 20.8. The topological polar surface area (TPSA) is 46.8 Å². The smallest absolute Gasteiger partial charge is 0.191 e. The van der Waals surface area contributed by atoms with E-state index in [-0.39, 0.29) is 0 Å². The van der Waals surface area contributed by atoms with Crippen molar-refractivity contribution in [2.45, 2.75) is 42.8 Å². The van der Waals surface area contributed by atoms with E-state index in [2.05, 4.69) is 49.4 Å². The van der Waals surface area contributed by atoms with E-state index in [4.69, 9.17) is 11.6 Å². The first kappa shape index (κ1) is 21.1. The van der Waals surface area contributed by atoms with Crippen LogP contribution in [-0.4, -0.2) is 37.7 Å². The lowest BCUT2D eigenvalue weighted by Gasteiger charge is -2.31. The minimum atomic E-state index is 0.429. The molecule has 2 aromatic heterocycles. The first-order chi connectivity index (χ1) is 14.7. The highest BCUT2D eigenvalue weighted by Crippen LogP contribution is 2.31. The predicted molar refractivity (Wildman–Crippen MR) is 123 cm³/mol. The van der Waals surface area contributed by atoms with Crippen LogP contribution < -0.4 is 0 Å². The molecule has 1 fully saturated rings. The van der Waals surface area contributed by atoms with Crippen LogP contribution in [0.2, 0.25) is 5.02 Å². The van der Waals surface area contributed by atoms with Crippen molar-refractivity contribution in [1.29, 1.82) is 0 Å². The van der Waals surface area contributed by atoms with Gasteiger partial charge in [0.1, 0.15) is 5.82 Å². The van der Waals surface area contributed by atoms with Gasteiger partial charge in [-0.2, -0.15) is 0 Å². The molecule has 0 saturated carbocycles. The molecule has 3 heterocycles. The van der Waals surface area contributed by atoms with E-state index in [0.29, 0.717) is 5.92 Å². The highest BCUT2D eigenvalue weighted by atomic mass is 35.5. The van der Waals surface area contributed by atoms with Crippen molar-refractivity contribution >= 4 is 23.4 Å². The monoisotopic (exact) mass is 439 g/mol.